The van der Waals surface area contributed by atoms with E-state index in [2.05, 4.69) is 5.10 Å². The Morgan fingerprint density at radius 3 is 2.57 bits per heavy atom. The van der Waals surface area contributed by atoms with Crippen molar-refractivity contribution in [3.8, 4) is 22.7 Å². The SMILES string of the molecule is COc1cccc(-n2[nH]c(=O)cc2-c2ccc(Cl)cc2)c1. The number of benzene rings is 2. The molecule has 0 radical (unpaired) electrons. The number of nitrogens with one attached hydrogen (secondary N) is 1. The average Bonchev–Trinajstić information content (AvgIpc) is 2.90. The Labute approximate surface area is 126 Å². The normalized spacial score (nSPS) is 10.6. The van der Waals surface area contributed by atoms with E-state index in [1.165, 1.54) is 0 Å². The highest BCUT2D eigenvalue weighted by atomic mass is 35.5. The van der Waals surface area contributed by atoms with E-state index in [1.807, 2.05) is 36.4 Å². The van der Waals surface area contributed by atoms with Gasteiger partial charge in [0.2, 0.25) is 0 Å². The topological polar surface area (TPSA) is 47.0 Å². The lowest BCUT2D eigenvalue weighted by Gasteiger charge is -2.10. The summed E-state index contributed by atoms with van der Waals surface area (Å²) in [6.07, 6.45) is 0. The summed E-state index contributed by atoms with van der Waals surface area (Å²) in [5.41, 5.74) is 2.33. The van der Waals surface area contributed by atoms with Crippen molar-refractivity contribution in [2.75, 3.05) is 7.11 Å². The van der Waals surface area contributed by atoms with Crippen molar-refractivity contribution in [3.05, 3.63) is 70.0 Å². The van der Waals surface area contributed by atoms with E-state index in [-0.39, 0.29) is 5.56 Å². The van der Waals surface area contributed by atoms with Crippen LogP contribution in [0, 0.1) is 0 Å². The van der Waals surface area contributed by atoms with Gasteiger partial charge in [0, 0.05) is 22.7 Å². The molecule has 21 heavy (non-hydrogen) atoms. The Bertz CT molecular complexity index is 819. The Kier molecular flexibility index (Phi) is 3.54. The Balaban J connectivity index is 2.15. The van der Waals surface area contributed by atoms with Gasteiger partial charge in [-0.3, -0.25) is 14.6 Å². The van der Waals surface area contributed by atoms with Gasteiger partial charge in [-0.1, -0.05) is 29.8 Å². The van der Waals surface area contributed by atoms with Gasteiger partial charge in [-0.15, -0.1) is 0 Å². The van der Waals surface area contributed by atoms with Crippen LogP contribution >= 0.6 is 11.6 Å². The van der Waals surface area contributed by atoms with Crippen LogP contribution in [0.1, 0.15) is 0 Å². The fourth-order valence-corrected chi connectivity index (χ4v) is 2.30. The molecule has 0 saturated carbocycles. The molecule has 0 aliphatic rings. The third kappa shape index (κ3) is 2.71. The molecule has 0 amide bonds. The molecule has 106 valence electrons. The minimum atomic E-state index is -0.164. The Hall–Kier alpha value is -2.46. The maximum atomic E-state index is 11.7. The molecule has 5 heteroatoms. The summed E-state index contributed by atoms with van der Waals surface area (Å²) in [5, 5.41) is 3.45. The molecule has 0 spiro atoms. The van der Waals surface area contributed by atoms with Gasteiger partial charge in [0.25, 0.3) is 5.56 Å². The van der Waals surface area contributed by atoms with Gasteiger partial charge >= 0.3 is 0 Å². The molecule has 0 saturated heterocycles. The first-order valence-electron chi connectivity index (χ1n) is 6.40. The van der Waals surface area contributed by atoms with Gasteiger partial charge in [-0.25, -0.2) is 0 Å². The van der Waals surface area contributed by atoms with Crippen LogP contribution in [0.15, 0.2) is 59.4 Å². The quantitative estimate of drug-likeness (QED) is 0.805. The third-order valence-corrected chi connectivity index (χ3v) is 3.43. The predicted molar refractivity (Wildman–Crippen MR) is 83.4 cm³/mol. The number of aromatic nitrogens is 2. The lowest BCUT2D eigenvalue weighted by Crippen LogP contribution is -2.04. The minimum absolute atomic E-state index is 0.164. The molecular formula is C16H13ClN2O2. The number of H-pyrrole nitrogens is 1. The van der Waals surface area contributed by atoms with E-state index in [1.54, 1.807) is 30.0 Å². The third-order valence-electron chi connectivity index (χ3n) is 3.18. The Morgan fingerprint density at radius 1 is 1.10 bits per heavy atom. The molecule has 1 N–H and O–H groups in total. The van der Waals surface area contributed by atoms with Gasteiger partial charge in [0.15, 0.2) is 0 Å². The lowest BCUT2D eigenvalue weighted by molar-refractivity contribution is 0.414. The van der Waals surface area contributed by atoms with Crippen LogP contribution in [0.5, 0.6) is 5.75 Å². The first kappa shape index (κ1) is 13.5. The maximum Gasteiger partial charge on any atom is 0.265 e. The van der Waals surface area contributed by atoms with Gasteiger partial charge in [-0.05, 0) is 24.3 Å². The molecule has 3 rings (SSSR count). The number of hydrogen-bond donors (Lipinski definition) is 1. The largest absolute Gasteiger partial charge is 0.497 e. The molecule has 0 aliphatic carbocycles. The van der Waals surface area contributed by atoms with Crippen molar-refractivity contribution in [2.45, 2.75) is 0 Å². The summed E-state index contributed by atoms with van der Waals surface area (Å²) in [6, 6.07) is 16.4. The highest BCUT2D eigenvalue weighted by molar-refractivity contribution is 6.30. The van der Waals surface area contributed by atoms with Crippen LogP contribution in [0.3, 0.4) is 0 Å². The first-order chi connectivity index (χ1) is 10.2. The molecule has 1 heterocycles. The van der Waals surface area contributed by atoms with Crippen molar-refractivity contribution in [1.29, 1.82) is 0 Å². The van der Waals surface area contributed by atoms with E-state index in [4.69, 9.17) is 16.3 Å². The second-order valence-corrected chi connectivity index (χ2v) is 4.99. The van der Waals surface area contributed by atoms with Gasteiger partial charge < -0.3 is 4.74 Å². The number of methoxy groups -OCH3 is 1. The summed E-state index contributed by atoms with van der Waals surface area (Å²) in [5.74, 6) is 0.726. The van der Waals surface area contributed by atoms with Crippen LogP contribution in [0.25, 0.3) is 16.9 Å². The standard InChI is InChI=1S/C16H13ClN2O2/c1-21-14-4-2-3-13(9-14)19-15(10-16(20)18-19)11-5-7-12(17)8-6-11/h2-10H,1H3,(H,18,20). The second-order valence-electron chi connectivity index (χ2n) is 4.55. The summed E-state index contributed by atoms with van der Waals surface area (Å²) in [4.78, 5) is 11.7. The van der Waals surface area contributed by atoms with Crippen molar-refractivity contribution in [1.82, 2.24) is 9.78 Å². The highest BCUT2D eigenvalue weighted by Gasteiger charge is 2.09. The second kappa shape index (κ2) is 5.50. The Morgan fingerprint density at radius 2 is 1.86 bits per heavy atom. The fraction of sp³-hybridized carbons (Fsp3) is 0.0625. The fourth-order valence-electron chi connectivity index (χ4n) is 2.18. The zero-order chi connectivity index (χ0) is 14.8. The van der Waals surface area contributed by atoms with Crippen LogP contribution in [-0.2, 0) is 0 Å². The van der Waals surface area contributed by atoms with E-state index < -0.39 is 0 Å². The number of hydrogen-bond acceptors (Lipinski definition) is 2. The van der Waals surface area contributed by atoms with Gasteiger partial charge in [0.05, 0.1) is 18.5 Å². The van der Waals surface area contributed by atoms with Crippen molar-refractivity contribution < 1.29 is 4.74 Å². The number of aromatic amines is 1. The summed E-state index contributed by atoms with van der Waals surface area (Å²) >= 11 is 5.91. The van der Waals surface area contributed by atoms with Crippen LogP contribution in [0.2, 0.25) is 5.02 Å². The van der Waals surface area contributed by atoms with Crippen molar-refractivity contribution >= 4 is 11.6 Å². The molecule has 2 aromatic carbocycles. The zero-order valence-corrected chi connectivity index (χ0v) is 12.1. The molecule has 0 atom stereocenters. The number of ether oxygens (including phenoxy) is 1. The molecule has 0 aliphatic heterocycles. The van der Waals surface area contributed by atoms with E-state index in [9.17, 15) is 4.79 Å². The molecule has 0 unspecified atom stereocenters. The maximum absolute atomic E-state index is 11.7. The predicted octanol–water partition coefficient (Wildman–Crippen LogP) is 3.49. The monoisotopic (exact) mass is 300 g/mol. The molecular weight excluding hydrogens is 288 g/mol. The molecule has 0 bridgehead atoms. The van der Waals surface area contributed by atoms with E-state index in [0.29, 0.717) is 5.02 Å². The molecule has 3 aromatic rings. The van der Waals surface area contributed by atoms with Crippen LogP contribution in [-0.4, -0.2) is 16.9 Å². The van der Waals surface area contributed by atoms with Crippen molar-refractivity contribution in [2.24, 2.45) is 0 Å². The van der Waals surface area contributed by atoms with E-state index >= 15 is 0 Å². The minimum Gasteiger partial charge on any atom is -0.497 e. The number of rotatable bonds is 3. The van der Waals surface area contributed by atoms with Gasteiger partial charge in [0.1, 0.15) is 5.75 Å². The summed E-state index contributed by atoms with van der Waals surface area (Å²) in [7, 11) is 1.61. The molecule has 0 fully saturated rings. The van der Waals surface area contributed by atoms with Crippen molar-refractivity contribution in [3.63, 3.8) is 0 Å². The van der Waals surface area contributed by atoms with Crippen LogP contribution < -0.4 is 10.3 Å². The zero-order valence-electron chi connectivity index (χ0n) is 11.3. The molecule has 4 nitrogen and oxygen atoms in total. The summed E-state index contributed by atoms with van der Waals surface area (Å²) < 4.78 is 6.95. The van der Waals surface area contributed by atoms with E-state index in [0.717, 1.165) is 22.7 Å². The number of nitrogens with zero attached hydrogens (tertiary/aromatic N) is 1. The highest BCUT2D eigenvalue weighted by Crippen LogP contribution is 2.24. The average molecular weight is 301 g/mol. The lowest BCUT2D eigenvalue weighted by atomic mass is 10.1. The molecule has 1 aromatic heterocycles. The van der Waals surface area contributed by atoms with Gasteiger partial charge in [-0.2, -0.15) is 0 Å². The smallest absolute Gasteiger partial charge is 0.265 e. The summed E-state index contributed by atoms with van der Waals surface area (Å²) in [6.45, 7) is 0. The van der Waals surface area contributed by atoms with Crippen LogP contribution in [0.4, 0.5) is 0 Å². The first-order valence-corrected chi connectivity index (χ1v) is 6.77. The number of halogens is 1.